The molecule has 6 nitrogen and oxygen atoms in total. The second kappa shape index (κ2) is 7.42. The Balaban J connectivity index is 2.10. The van der Waals surface area contributed by atoms with Crippen LogP contribution in [0.3, 0.4) is 0 Å². The zero-order valence-electron chi connectivity index (χ0n) is 13.6. The molecule has 2 aromatic carbocycles. The fourth-order valence-corrected chi connectivity index (χ4v) is 3.21. The zero-order valence-corrected chi connectivity index (χ0v) is 13.6. The minimum Gasteiger partial charge on any atom is -0.496 e. The molecule has 0 saturated carbocycles. The van der Waals surface area contributed by atoms with E-state index in [-0.39, 0.29) is 16.7 Å². The van der Waals surface area contributed by atoms with Gasteiger partial charge in [0.2, 0.25) is 0 Å². The molecule has 1 N–H and O–H groups in total. The van der Waals surface area contributed by atoms with Crippen molar-refractivity contribution in [2.24, 2.45) is 0 Å². The van der Waals surface area contributed by atoms with E-state index in [9.17, 15) is 10.1 Å². The first kappa shape index (κ1) is 16.4. The number of nitrogens with zero attached hydrogens (tertiary/aromatic N) is 2. The van der Waals surface area contributed by atoms with Crippen LogP contribution in [0.1, 0.15) is 17.2 Å². The maximum atomic E-state index is 11.2. The average Bonchev–Trinajstić information content (AvgIpc) is 2.63. The predicted molar refractivity (Wildman–Crippen MR) is 92.4 cm³/mol. The van der Waals surface area contributed by atoms with Gasteiger partial charge in [-0.1, -0.05) is 30.3 Å². The van der Waals surface area contributed by atoms with E-state index in [2.05, 4.69) is 22.3 Å². The van der Waals surface area contributed by atoms with E-state index >= 15 is 0 Å². The number of piperazine rings is 1. The van der Waals surface area contributed by atoms with E-state index < -0.39 is 0 Å². The van der Waals surface area contributed by atoms with Crippen LogP contribution < -0.4 is 10.1 Å². The second-order valence-electron chi connectivity index (χ2n) is 5.78. The molecule has 1 unspecified atom stereocenters. The Morgan fingerprint density at radius 2 is 1.88 bits per heavy atom. The van der Waals surface area contributed by atoms with Crippen molar-refractivity contribution in [3.8, 4) is 5.75 Å². The molecular weight excluding hydrogens is 306 g/mol. The van der Waals surface area contributed by atoms with Crippen molar-refractivity contribution in [1.29, 1.82) is 0 Å². The maximum absolute atomic E-state index is 11.2. The Labute approximate surface area is 141 Å². The molecule has 2 aromatic rings. The fraction of sp³-hybridized carbons (Fsp3) is 0.333. The summed E-state index contributed by atoms with van der Waals surface area (Å²) < 4.78 is 5.51. The van der Waals surface area contributed by atoms with Crippen molar-refractivity contribution < 1.29 is 9.66 Å². The van der Waals surface area contributed by atoms with Crippen molar-refractivity contribution in [1.82, 2.24) is 10.2 Å². The highest BCUT2D eigenvalue weighted by molar-refractivity contribution is 5.48. The molecule has 1 aliphatic rings. The summed E-state index contributed by atoms with van der Waals surface area (Å²) in [5.74, 6) is 0.674. The molecule has 6 heteroatoms. The molecule has 1 saturated heterocycles. The topological polar surface area (TPSA) is 67.6 Å². The lowest BCUT2D eigenvalue weighted by atomic mass is 9.95. The lowest BCUT2D eigenvalue weighted by Crippen LogP contribution is -2.45. The molecule has 0 amide bonds. The fourth-order valence-electron chi connectivity index (χ4n) is 3.21. The first-order valence-corrected chi connectivity index (χ1v) is 8.02. The summed E-state index contributed by atoms with van der Waals surface area (Å²) in [5.41, 5.74) is 2.03. The largest absolute Gasteiger partial charge is 0.496 e. The van der Waals surface area contributed by atoms with Gasteiger partial charge in [0.05, 0.1) is 18.1 Å². The van der Waals surface area contributed by atoms with E-state index in [1.165, 1.54) is 6.07 Å². The number of nitrogens with one attached hydrogen (secondary N) is 1. The highest BCUT2D eigenvalue weighted by Gasteiger charge is 2.28. The van der Waals surface area contributed by atoms with Gasteiger partial charge in [-0.15, -0.1) is 0 Å². The van der Waals surface area contributed by atoms with Crippen LogP contribution in [0.25, 0.3) is 0 Å². The first-order valence-electron chi connectivity index (χ1n) is 8.02. The number of rotatable bonds is 5. The predicted octanol–water partition coefficient (Wildman–Crippen LogP) is 2.60. The Kier molecular flexibility index (Phi) is 5.08. The third kappa shape index (κ3) is 3.39. The molecular formula is C18H21N3O3. The normalized spacial score (nSPS) is 16.5. The summed E-state index contributed by atoms with van der Waals surface area (Å²) in [7, 11) is 1.60. The molecule has 0 aromatic heterocycles. The first-order chi connectivity index (χ1) is 11.7. The Hall–Kier alpha value is -2.44. The van der Waals surface area contributed by atoms with Gasteiger partial charge in [0.25, 0.3) is 5.69 Å². The number of nitro benzene ring substituents is 1. The van der Waals surface area contributed by atoms with Crippen molar-refractivity contribution >= 4 is 5.69 Å². The Morgan fingerprint density at radius 3 is 2.50 bits per heavy atom. The monoisotopic (exact) mass is 327 g/mol. The number of nitro groups is 1. The van der Waals surface area contributed by atoms with Crippen LogP contribution >= 0.6 is 0 Å². The SMILES string of the molecule is COc1ccc([N+](=O)[O-])cc1C(c1ccccc1)N1CCNCC1. The standard InChI is InChI=1S/C18H21N3O3/c1-24-17-8-7-15(21(22)23)13-16(17)18(14-5-3-2-4-6-14)20-11-9-19-10-12-20/h2-8,13,18-19H,9-12H2,1H3. The van der Waals surface area contributed by atoms with Crippen LogP contribution in [0.15, 0.2) is 48.5 Å². The van der Waals surface area contributed by atoms with Gasteiger partial charge in [-0.2, -0.15) is 0 Å². The number of non-ortho nitro benzene ring substituents is 1. The molecule has 1 heterocycles. The second-order valence-corrected chi connectivity index (χ2v) is 5.78. The van der Waals surface area contributed by atoms with Gasteiger partial charge in [-0.25, -0.2) is 0 Å². The molecule has 24 heavy (non-hydrogen) atoms. The van der Waals surface area contributed by atoms with E-state index in [4.69, 9.17) is 4.74 Å². The quantitative estimate of drug-likeness (QED) is 0.675. The van der Waals surface area contributed by atoms with Crippen molar-refractivity contribution in [3.05, 3.63) is 69.8 Å². The summed E-state index contributed by atoms with van der Waals surface area (Å²) >= 11 is 0. The third-order valence-electron chi connectivity index (χ3n) is 4.35. The van der Waals surface area contributed by atoms with Gasteiger partial charge in [-0.05, 0) is 11.6 Å². The highest BCUT2D eigenvalue weighted by Crippen LogP contribution is 2.37. The number of benzene rings is 2. The van der Waals surface area contributed by atoms with Crippen molar-refractivity contribution in [2.45, 2.75) is 6.04 Å². The van der Waals surface area contributed by atoms with E-state index in [1.54, 1.807) is 19.2 Å². The molecule has 1 aliphatic heterocycles. The van der Waals surface area contributed by atoms with Crippen LogP contribution in [-0.2, 0) is 0 Å². The van der Waals surface area contributed by atoms with Crippen LogP contribution in [0, 0.1) is 10.1 Å². The molecule has 1 atom stereocenters. The molecule has 0 radical (unpaired) electrons. The van der Waals surface area contributed by atoms with Gasteiger partial charge >= 0.3 is 0 Å². The summed E-state index contributed by atoms with van der Waals surface area (Å²) in [6.07, 6.45) is 0. The van der Waals surface area contributed by atoms with Crippen LogP contribution in [0.4, 0.5) is 5.69 Å². The van der Waals surface area contributed by atoms with Gasteiger partial charge in [-0.3, -0.25) is 15.0 Å². The summed E-state index contributed by atoms with van der Waals surface area (Å²) in [6.45, 7) is 3.57. The zero-order chi connectivity index (χ0) is 16.9. The van der Waals surface area contributed by atoms with Crippen LogP contribution in [0.2, 0.25) is 0 Å². The van der Waals surface area contributed by atoms with Crippen LogP contribution in [0.5, 0.6) is 5.75 Å². The molecule has 0 aliphatic carbocycles. The Bertz CT molecular complexity index is 700. The molecule has 0 bridgehead atoms. The van der Waals surface area contributed by atoms with E-state index in [0.717, 1.165) is 37.3 Å². The lowest BCUT2D eigenvalue weighted by molar-refractivity contribution is -0.385. The van der Waals surface area contributed by atoms with Crippen LogP contribution in [-0.4, -0.2) is 43.1 Å². The molecule has 126 valence electrons. The molecule has 3 rings (SSSR count). The summed E-state index contributed by atoms with van der Waals surface area (Å²) in [5, 5.41) is 14.6. The smallest absolute Gasteiger partial charge is 0.270 e. The lowest BCUT2D eigenvalue weighted by Gasteiger charge is -2.36. The van der Waals surface area contributed by atoms with E-state index in [1.807, 2.05) is 18.2 Å². The van der Waals surface area contributed by atoms with E-state index in [0.29, 0.717) is 5.75 Å². The third-order valence-corrected chi connectivity index (χ3v) is 4.35. The Morgan fingerprint density at radius 1 is 1.17 bits per heavy atom. The van der Waals surface area contributed by atoms with Gasteiger partial charge in [0.1, 0.15) is 5.75 Å². The minimum atomic E-state index is -0.358. The minimum absolute atomic E-state index is 0.0665. The van der Waals surface area contributed by atoms with Gasteiger partial charge < -0.3 is 10.1 Å². The number of ether oxygens (including phenoxy) is 1. The maximum Gasteiger partial charge on any atom is 0.270 e. The van der Waals surface area contributed by atoms with Crippen molar-refractivity contribution in [2.75, 3.05) is 33.3 Å². The molecule has 1 fully saturated rings. The number of hydrogen-bond donors (Lipinski definition) is 1. The summed E-state index contributed by atoms with van der Waals surface area (Å²) in [4.78, 5) is 13.2. The number of methoxy groups -OCH3 is 1. The van der Waals surface area contributed by atoms with Gasteiger partial charge in [0, 0.05) is 43.9 Å². The van der Waals surface area contributed by atoms with Crippen molar-refractivity contribution in [3.63, 3.8) is 0 Å². The number of hydrogen-bond acceptors (Lipinski definition) is 5. The summed E-state index contributed by atoms with van der Waals surface area (Å²) in [6, 6.07) is 14.8. The average molecular weight is 327 g/mol. The molecule has 0 spiro atoms. The highest BCUT2D eigenvalue weighted by atomic mass is 16.6. The van der Waals surface area contributed by atoms with Gasteiger partial charge in [0.15, 0.2) is 0 Å².